The molecule has 1 atom stereocenters. The van der Waals surface area contributed by atoms with E-state index in [4.69, 9.17) is 19.5 Å². The first-order chi connectivity index (χ1) is 10.1. The minimum atomic E-state index is -1.14. The average molecular weight is 285 g/mol. The van der Waals surface area contributed by atoms with E-state index in [1.165, 1.54) is 12.1 Å². The Kier molecular flexibility index (Phi) is 4.62. The number of para-hydroxylation sites is 1. The Morgan fingerprint density at radius 2 is 2.14 bits per heavy atom. The Morgan fingerprint density at radius 3 is 2.76 bits per heavy atom. The third-order valence-electron chi connectivity index (χ3n) is 3.09. The fourth-order valence-electron chi connectivity index (χ4n) is 1.93. The minimum Gasteiger partial charge on any atom is -0.493 e. The molecule has 5 heteroatoms. The Bertz CT molecular complexity index is 669. The predicted octanol–water partition coefficient (Wildman–Crippen LogP) is 3.36. The van der Waals surface area contributed by atoms with E-state index in [2.05, 4.69) is 6.07 Å². The summed E-state index contributed by atoms with van der Waals surface area (Å²) in [6.45, 7) is 2.30. The van der Waals surface area contributed by atoms with Crippen molar-refractivity contribution in [3.63, 3.8) is 0 Å². The molecule has 2 rings (SSSR count). The van der Waals surface area contributed by atoms with E-state index in [9.17, 15) is 4.79 Å². The predicted molar refractivity (Wildman–Crippen MR) is 75.3 cm³/mol. The highest BCUT2D eigenvalue weighted by molar-refractivity contribution is 5.84. The summed E-state index contributed by atoms with van der Waals surface area (Å²) in [5, 5.41) is 18.0. The van der Waals surface area contributed by atoms with Crippen molar-refractivity contribution in [2.45, 2.75) is 19.3 Å². The van der Waals surface area contributed by atoms with Crippen molar-refractivity contribution >= 4 is 5.97 Å². The summed E-state index contributed by atoms with van der Waals surface area (Å²) in [4.78, 5) is 10.8. The van der Waals surface area contributed by atoms with Crippen molar-refractivity contribution in [1.82, 2.24) is 0 Å². The van der Waals surface area contributed by atoms with Gasteiger partial charge in [-0.25, -0.2) is 4.79 Å². The van der Waals surface area contributed by atoms with E-state index in [-0.39, 0.29) is 5.76 Å². The molecular weight excluding hydrogens is 270 g/mol. The van der Waals surface area contributed by atoms with Gasteiger partial charge in [0.1, 0.15) is 17.4 Å². The van der Waals surface area contributed by atoms with Crippen LogP contribution in [0.15, 0.2) is 40.8 Å². The molecule has 5 nitrogen and oxygen atoms in total. The summed E-state index contributed by atoms with van der Waals surface area (Å²) in [6.07, 6.45) is 0.428. The van der Waals surface area contributed by atoms with E-state index in [0.717, 1.165) is 11.3 Å². The molecule has 1 unspecified atom stereocenters. The van der Waals surface area contributed by atoms with Crippen LogP contribution in [-0.4, -0.2) is 17.7 Å². The Balaban J connectivity index is 1.95. The Morgan fingerprint density at radius 1 is 1.38 bits per heavy atom. The minimum absolute atomic E-state index is 0.162. The van der Waals surface area contributed by atoms with Gasteiger partial charge in [-0.05, 0) is 30.7 Å². The van der Waals surface area contributed by atoms with Gasteiger partial charge in [-0.1, -0.05) is 18.2 Å². The topological polar surface area (TPSA) is 83.5 Å². The van der Waals surface area contributed by atoms with Crippen LogP contribution in [0.2, 0.25) is 0 Å². The van der Waals surface area contributed by atoms with Crippen LogP contribution in [0.1, 0.15) is 34.2 Å². The number of rotatable bonds is 6. The van der Waals surface area contributed by atoms with Crippen molar-refractivity contribution < 1.29 is 19.1 Å². The molecule has 0 radical (unpaired) electrons. The highest BCUT2D eigenvalue weighted by Crippen LogP contribution is 2.23. The third kappa shape index (κ3) is 3.63. The van der Waals surface area contributed by atoms with E-state index >= 15 is 0 Å². The lowest BCUT2D eigenvalue weighted by Gasteiger charge is -2.10. The van der Waals surface area contributed by atoms with Gasteiger partial charge in [0.2, 0.25) is 5.76 Å². The first-order valence-electron chi connectivity index (χ1n) is 6.53. The Hall–Kier alpha value is -2.74. The maximum atomic E-state index is 10.8. The van der Waals surface area contributed by atoms with Gasteiger partial charge in [-0.2, -0.15) is 5.26 Å². The third-order valence-corrected chi connectivity index (χ3v) is 3.09. The second-order valence-corrected chi connectivity index (χ2v) is 4.59. The molecule has 0 bridgehead atoms. The number of furan rings is 1. The molecule has 1 aromatic carbocycles. The molecule has 21 heavy (non-hydrogen) atoms. The van der Waals surface area contributed by atoms with Gasteiger partial charge >= 0.3 is 5.97 Å². The van der Waals surface area contributed by atoms with E-state index in [0.29, 0.717) is 18.8 Å². The number of carboxylic acid groups (broad SMARTS) is 1. The zero-order valence-electron chi connectivity index (χ0n) is 11.6. The largest absolute Gasteiger partial charge is 0.493 e. The van der Waals surface area contributed by atoms with Gasteiger partial charge in [0.25, 0.3) is 0 Å². The Labute approximate surface area is 122 Å². The van der Waals surface area contributed by atoms with Crippen molar-refractivity contribution in [1.29, 1.82) is 5.26 Å². The number of carbonyl (C=O) groups is 1. The number of ether oxygens (including phenoxy) is 1. The second kappa shape index (κ2) is 6.62. The standard InChI is InChI=1S/C16H15NO4/c1-11-4-2-3-5-13(11)20-9-8-12(10-17)14-6-7-15(21-14)16(18)19/h2-7,12H,8-9H2,1H3,(H,18,19). The highest BCUT2D eigenvalue weighted by atomic mass is 16.5. The quantitative estimate of drug-likeness (QED) is 0.879. The lowest BCUT2D eigenvalue weighted by molar-refractivity contribution is 0.0660. The fourth-order valence-corrected chi connectivity index (χ4v) is 1.93. The highest BCUT2D eigenvalue weighted by Gasteiger charge is 2.17. The van der Waals surface area contributed by atoms with E-state index in [1.54, 1.807) is 0 Å². The van der Waals surface area contributed by atoms with Crippen molar-refractivity contribution in [3.8, 4) is 11.8 Å². The van der Waals surface area contributed by atoms with Gasteiger partial charge < -0.3 is 14.3 Å². The van der Waals surface area contributed by atoms with Gasteiger partial charge in [-0.15, -0.1) is 0 Å². The van der Waals surface area contributed by atoms with Crippen LogP contribution in [-0.2, 0) is 0 Å². The SMILES string of the molecule is Cc1ccccc1OCCC(C#N)c1ccc(C(=O)O)o1. The van der Waals surface area contributed by atoms with Crippen LogP contribution in [0.4, 0.5) is 0 Å². The molecule has 0 saturated heterocycles. The molecule has 2 aromatic rings. The number of aryl methyl sites for hydroxylation is 1. The number of benzene rings is 1. The van der Waals surface area contributed by atoms with Crippen LogP contribution < -0.4 is 4.74 Å². The van der Waals surface area contributed by atoms with Gasteiger partial charge in [0.15, 0.2) is 0 Å². The molecule has 0 aliphatic carbocycles. The zero-order valence-corrected chi connectivity index (χ0v) is 11.6. The number of hydrogen-bond donors (Lipinski definition) is 1. The molecule has 0 saturated carbocycles. The molecular formula is C16H15NO4. The van der Waals surface area contributed by atoms with E-state index < -0.39 is 11.9 Å². The summed E-state index contributed by atoms with van der Waals surface area (Å²) in [5.41, 5.74) is 1.03. The smallest absolute Gasteiger partial charge is 0.371 e. The average Bonchev–Trinajstić information content (AvgIpc) is 2.95. The first kappa shape index (κ1) is 14.7. The fraction of sp³-hybridized carbons (Fsp3) is 0.250. The summed E-state index contributed by atoms with van der Waals surface area (Å²) in [5.74, 6) is -0.704. The molecule has 0 aliphatic rings. The van der Waals surface area contributed by atoms with Crippen molar-refractivity contribution in [2.24, 2.45) is 0 Å². The summed E-state index contributed by atoms with van der Waals surface area (Å²) >= 11 is 0. The molecule has 0 spiro atoms. The van der Waals surface area contributed by atoms with Gasteiger partial charge in [-0.3, -0.25) is 0 Å². The maximum absolute atomic E-state index is 10.8. The first-order valence-corrected chi connectivity index (χ1v) is 6.53. The molecule has 108 valence electrons. The normalized spacial score (nSPS) is 11.6. The number of nitrogens with zero attached hydrogens (tertiary/aromatic N) is 1. The molecule has 1 aromatic heterocycles. The summed E-state index contributed by atoms with van der Waals surface area (Å²) in [7, 11) is 0. The number of hydrogen-bond acceptors (Lipinski definition) is 4. The monoisotopic (exact) mass is 285 g/mol. The van der Waals surface area contributed by atoms with E-state index in [1.807, 2.05) is 31.2 Å². The molecule has 0 aliphatic heterocycles. The number of nitriles is 1. The summed E-state index contributed by atoms with van der Waals surface area (Å²) in [6, 6.07) is 12.6. The molecule has 1 N–H and O–H groups in total. The lowest BCUT2D eigenvalue weighted by Crippen LogP contribution is -2.04. The number of carboxylic acids is 1. The van der Waals surface area contributed by atoms with Crippen LogP contribution in [0.3, 0.4) is 0 Å². The van der Waals surface area contributed by atoms with Gasteiger partial charge in [0.05, 0.1) is 12.7 Å². The number of aromatic carboxylic acids is 1. The lowest BCUT2D eigenvalue weighted by atomic mass is 10.1. The summed E-state index contributed by atoms with van der Waals surface area (Å²) < 4.78 is 10.8. The van der Waals surface area contributed by atoms with Crippen LogP contribution >= 0.6 is 0 Å². The molecule has 1 heterocycles. The van der Waals surface area contributed by atoms with Gasteiger partial charge in [0, 0.05) is 6.42 Å². The maximum Gasteiger partial charge on any atom is 0.371 e. The van der Waals surface area contributed by atoms with Crippen LogP contribution in [0.5, 0.6) is 5.75 Å². The van der Waals surface area contributed by atoms with Crippen molar-refractivity contribution in [2.75, 3.05) is 6.61 Å². The second-order valence-electron chi connectivity index (χ2n) is 4.59. The molecule has 0 amide bonds. The van der Waals surface area contributed by atoms with Crippen LogP contribution in [0.25, 0.3) is 0 Å². The molecule has 0 fully saturated rings. The van der Waals surface area contributed by atoms with Crippen molar-refractivity contribution in [3.05, 3.63) is 53.5 Å². The van der Waals surface area contributed by atoms with Crippen LogP contribution in [0, 0.1) is 18.3 Å². The zero-order chi connectivity index (χ0) is 15.2.